The van der Waals surface area contributed by atoms with Gasteiger partial charge in [-0.25, -0.2) is 4.68 Å². The van der Waals surface area contributed by atoms with Gasteiger partial charge in [0.2, 0.25) is 0 Å². The molecule has 1 unspecified atom stereocenters. The molecule has 0 bridgehead atoms. The lowest BCUT2D eigenvalue weighted by atomic mass is 10.2. The van der Waals surface area contributed by atoms with Crippen molar-refractivity contribution in [2.24, 2.45) is 0 Å². The fraction of sp³-hybridized carbons (Fsp3) is 0.417. The molecule has 0 amide bonds. The Kier molecular flexibility index (Phi) is 3.49. The molecule has 0 spiro atoms. The normalized spacial score (nSPS) is 12.6. The number of rotatable bonds is 4. The average molecular weight is 231 g/mol. The van der Waals surface area contributed by atoms with E-state index in [4.69, 9.17) is 0 Å². The highest BCUT2D eigenvalue weighted by molar-refractivity contribution is 5.30. The van der Waals surface area contributed by atoms with Crippen LogP contribution in [0.25, 0.3) is 5.69 Å². The molecule has 1 N–H and O–H groups in total. The number of hydrogen-bond acceptors (Lipinski definition) is 4. The standard InChI is InChI=1S/C12H17N5/c1-4-14-9(2)12-10(3)17(16-15-12)11-6-5-7-13-8-11/h5-9,14H,4H2,1-3H3. The van der Waals surface area contributed by atoms with E-state index < -0.39 is 0 Å². The van der Waals surface area contributed by atoms with E-state index in [1.165, 1.54) is 0 Å². The van der Waals surface area contributed by atoms with Crippen molar-refractivity contribution < 1.29 is 0 Å². The highest BCUT2D eigenvalue weighted by Gasteiger charge is 2.15. The van der Waals surface area contributed by atoms with Gasteiger partial charge in [0.15, 0.2) is 0 Å². The van der Waals surface area contributed by atoms with Crippen molar-refractivity contribution >= 4 is 0 Å². The number of hydrogen-bond donors (Lipinski definition) is 1. The van der Waals surface area contributed by atoms with Crippen LogP contribution in [0.2, 0.25) is 0 Å². The maximum Gasteiger partial charge on any atom is 0.103 e. The van der Waals surface area contributed by atoms with Crippen LogP contribution in [0.4, 0.5) is 0 Å². The van der Waals surface area contributed by atoms with E-state index in [9.17, 15) is 0 Å². The monoisotopic (exact) mass is 231 g/mol. The first kappa shape index (κ1) is 11.7. The molecule has 0 saturated carbocycles. The predicted octanol–water partition coefficient (Wildman–Crippen LogP) is 1.64. The zero-order valence-corrected chi connectivity index (χ0v) is 10.4. The van der Waals surface area contributed by atoms with Crippen molar-refractivity contribution in [1.82, 2.24) is 25.3 Å². The molecule has 2 heterocycles. The van der Waals surface area contributed by atoms with Gasteiger partial charge in [0, 0.05) is 6.20 Å². The van der Waals surface area contributed by atoms with Crippen LogP contribution in [0.1, 0.15) is 31.3 Å². The molecule has 2 aromatic heterocycles. The van der Waals surface area contributed by atoms with E-state index >= 15 is 0 Å². The summed E-state index contributed by atoms with van der Waals surface area (Å²) in [4.78, 5) is 4.09. The summed E-state index contributed by atoms with van der Waals surface area (Å²) < 4.78 is 1.82. The molecule has 17 heavy (non-hydrogen) atoms. The minimum absolute atomic E-state index is 0.213. The van der Waals surface area contributed by atoms with Crippen molar-refractivity contribution in [3.8, 4) is 5.69 Å². The average Bonchev–Trinajstić information content (AvgIpc) is 2.72. The summed E-state index contributed by atoms with van der Waals surface area (Å²) in [6.45, 7) is 7.11. The van der Waals surface area contributed by atoms with Gasteiger partial charge in [-0.1, -0.05) is 12.1 Å². The summed E-state index contributed by atoms with van der Waals surface area (Å²) in [6, 6.07) is 4.07. The van der Waals surface area contributed by atoms with E-state index in [1.54, 1.807) is 12.4 Å². The molecule has 0 aliphatic rings. The molecule has 5 nitrogen and oxygen atoms in total. The Morgan fingerprint density at radius 3 is 2.94 bits per heavy atom. The van der Waals surface area contributed by atoms with Crippen LogP contribution in [-0.2, 0) is 0 Å². The van der Waals surface area contributed by atoms with E-state index in [1.807, 2.05) is 23.7 Å². The van der Waals surface area contributed by atoms with Gasteiger partial charge in [0.1, 0.15) is 5.69 Å². The zero-order chi connectivity index (χ0) is 12.3. The Labute approximate surface area is 101 Å². The Hall–Kier alpha value is -1.75. The van der Waals surface area contributed by atoms with Crippen molar-refractivity contribution in [2.45, 2.75) is 26.8 Å². The number of nitrogens with zero attached hydrogens (tertiary/aromatic N) is 4. The molecule has 0 aliphatic carbocycles. The van der Waals surface area contributed by atoms with Gasteiger partial charge in [0.05, 0.1) is 23.6 Å². The second-order valence-corrected chi connectivity index (χ2v) is 3.96. The largest absolute Gasteiger partial charge is 0.309 e. The topological polar surface area (TPSA) is 55.6 Å². The summed E-state index contributed by atoms with van der Waals surface area (Å²) >= 11 is 0. The molecule has 2 aromatic rings. The van der Waals surface area contributed by atoms with Gasteiger partial charge in [-0.3, -0.25) is 4.98 Å². The lowest BCUT2D eigenvalue weighted by Gasteiger charge is -2.10. The van der Waals surface area contributed by atoms with Crippen molar-refractivity contribution in [3.05, 3.63) is 35.9 Å². The van der Waals surface area contributed by atoms with Crippen LogP contribution in [-0.4, -0.2) is 26.5 Å². The van der Waals surface area contributed by atoms with Crippen molar-refractivity contribution in [2.75, 3.05) is 6.54 Å². The molecule has 0 aliphatic heterocycles. The molecule has 1 atom stereocenters. The zero-order valence-electron chi connectivity index (χ0n) is 10.4. The third-order valence-corrected chi connectivity index (χ3v) is 2.74. The van der Waals surface area contributed by atoms with E-state index in [2.05, 4.69) is 34.5 Å². The first-order valence-electron chi connectivity index (χ1n) is 5.80. The van der Waals surface area contributed by atoms with Crippen molar-refractivity contribution in [1.29, 1.82) is 0 Å². The fourth-order valence-corrected chi connectivity index (χ4v) is 1.87. The minimum atomic E-state index is 0.213. The summed E-state index contributed by atoms with van der Waals surface area (Å²) in [5, 5.41) is 11.7. The van der Waals surface area contributed by atoms with Crippen LogP contribution in [0.15, 0.2) is 24.5 Å². The third kappa shape index (κ3) is 2.34. The molecule has 0 radical (unpaired) electrons. The minimum Gasteiger partial charge on any atom is -0.309 e. The second kappa shape index (κ2) is 5.05. The van der Waals surface area contributed by atoms with Crippen molar-refractivity contribution in [3.63, 3.8) is 0 Å². The molecule has 90 valence electrons. The van der Waals surface area contributed by atoms with Gasteiger partial charge in [-0.05, 0) is 32.5 Å². The molecule has 2 rings (SSSR count). The quantitative estimate of drug-likeness (QED) is 0.869. The maximum atomic E-state index is 4.23. The summed E-state index contributed by atoms with van der Waals surface area (Å²) in [7, 11) is 0. The van der Waals surface area contributed by atoms with Crippen LogP contribution in [0, 0.1) is 6.92 Å². The van der Waals surface area contributed by atoms with Crippen LogP contribution >= 0.6 is 0 Å². The Balaban J connectivity index is 2.33. The van der Waals surface area contributed by atoms with Gasteiger partial charge in [-0.15, -0.1) is 5.10 Å². The summed E-state index contributed by atoms with van der Waals surface area (Å²) in [6.07, 6.45) is 3.53. The molecular formula is C12H17N5. The maximum absolute atomic E-state index is 4.23. The summed E-state index contributed by atoms with van der Waals surface area (Å²) in [5.41, 5.74) is 2.97. The molecule has 0 fully saturated rings. The molecule has 0 aromatic carbocycles. The SMILES string of the molecule is CCNC(C)c1nnn(-c2cccnc2)c1C. The summed E-state index contributed by atoms with van der Waals surface area (Å²) in [5.74, 6) is 0. The second-order valence-electron chi connectivity index (χ2n) is 3.96. The van der Waals surface area contributed by atoms with E-state index in [-0.39, 0.29) is 6.04 Å². The van der Waals surface area contributed by atoms with Crippen LogP contribution < -0.4 is 5.32 Å². The van der Waals surface area contributed by atoms with E-state index in [0.29, 0.717) is 0 Å². The Morgan fingerprint density at radius 2 is 2.29 bits per heavy atom. The lowest BCUT2D eigenvalue weighted by molar-refractivity contribution is 0.579. The molecular weight excluding hydrogens is 214 g/mol. The third-order valence-electron chi connectivity index (χ3n) is 2.74. The first-order valence-corrected chi connectivity index (χ1v) is 5.80. The van der Waals surface area contributed by atoms with Gasteiger partial charge >= 0.3 is 0 Å². The highest BCUT2D eigenvalue weighted by Crippen LogP contribution is 2.16. The smallest absolute Gasteiger partial charge is 0.103 e. The van der Waals surface area contributed by atoms with Gasteiger partial charge < -0.3 is 5.32 Å². The van der Waals surface area contributed by atoms with E-state index in [0.717, 1.165) is 23.6 Å². The van der Waals surface area contributed by atoms with Crippen LogP contribution in [0.3, 0.4) is 0 Å². The van der Waals surface area contributed by atoms with Crippen LogP contribution in [0.5, 0.6) is 0 Å². The Bertz CT molecular complexity index is 477. The van der Waals surface area contributed by atoms with Gasteiger partial charge in [0.25, 0.3) is 0 Å². The fourth-order valence-electron chi connectivity index (χ4n) is 1.87. The lowest BCUT2D eigenvalue weighted by Crippen LogP contribution is -2.19. The molecule has 5 heteroatoms. The number of nitrogens with one attached hydrogen (secondary N) is 1. The number of pyridine rings is 1. The Morgan fingerprint density at radius 1 is 1.47 bits per heavy atom. The molecule has 0 saturated heterocycles. The number of aromatic nitrogens is 4. The highest BCUT2D eigenvalue weighted by atomic mass is 15.4. The first-order chi connectivity index (χ1) is 8.24. The predicted molar refractivity (Wildman–Crippen MR) is 66.0 cm³/mol. The van der Waals surface area contributed by atoms with Gasteiger partial charge in [-0.2, -0.15) is 0 Å².